The molecule has 0 aliphatic carbocycles. The number of hydrogen-bond donors (Lipinski definition) is 0. The van der Waals surface area contributed by atoms with Crippen molar-refractivity contribution in [1.82, 2.24) is 4.57 Å². The summed E-state index contributed by atoms with van der Waals surface area (Å²) in [5.41, 5.74) is 1.50. The topological polar surface area (TPSA) is 76.0 Å². The second-order valence-electron chi connectivity index (χ2n) is 7.02. The third-order valence-corrected chi connectivity index (χ3v) is 5.60. The molecule has 2 aromatic carbocycles. The van der Waals surface area contributed by atoms with E-state index in [9.17, 15) is 9.59 Å². The van der Waals surface area contributed by atoms with E-state index in [-0.39, 0.29) is 17.2 Å². The molecule has 33 heavy (non-hydrogen) atoms. The summed E-state index contributed by atoms with van der Waals surface area (Å²) in [5, 5.41) is 0.336. The van der Waals surface area contributed by atoms with Gasteiger partial charge in [0.15, 0.2) is 0 Å². The molecule has 0 saturated carbocycles. The van der Waals surface area contributed by atoms with E-state index >= 15 is 0 Å². The molecule has 0 amide bonds. The van der Waals surface area contributed by atoms with Crippen molar-refractivity contribution in [3.63, 3.8) is 0 Å². The summed E-state index contributed by atoms with van der Waals surface area (Å²) < 4.78 is 22.6. The molecule has 0 fully saturated rings. The Morgan fingerprint density at radius 1 is 0.879 bits per heavy atom. The Balaban J connectivity index is 1.83. The largest absolute Gasteiger partial charge is 0.496 e. The Labute approximate surface area is 201 Å². The molecule has 0 atom stereocenters. The predicted molar refractivity (Wildman–Crippen MR) is 126 cm³/mol. The Morgan fingerprint density at radius 2 is 1.48 bits per heavy atom. The smallest absolute Gasteiger partial charge is 0.337 e. The molecule has 0 radical (unpaired) electrons. The number of hydrogen-bond acceptors (Lipinski definition) is 6. The lowest BCUT2D eigenvalue weighted by atomic mass is 10.1. The molecular weight excluding hydrogens is 469 g/mol. The average Bonchev–Trinajstić information content (AvgIpc) is 2.84. The van der Waals surface area contributed by atoms with Gasteiger partial charge in [-0.2, -0.15) is 0 Å². The van der Waals surface area contributed by atoms with Crippen LogP contribution in [0.1, 0.15) is 21.6 Å². The number of halogens is 2. The van der Waals surface area contributed by atoms with Gasteiger partial charge in [-0.3, -0.25) is 4.79 Å². The van der Waals surface area contributed by atoms with E-state index in [1.807, 2.05) is 12.1 Å². The molecule has 3 aromatic rings. The molecule has 0 aliphatic rings. The van der Waals surface area contributed by atoms with Gasteiger partial charge in [0.2, 0.25) is 0 Å². The zero-order valence-electron chi connectivity index (χ0n) is 18.4. The van der Waals surface area contributed by atoms with Crippen molar-refractivity contribution >= 4 is 29.2 Å². The first kappa shape index (κ1) is 24.5. The van der Waals surface area contributed by atoms with Crippen LogP contribution < -0.4 is 19.8 Å². The van der Waals surface area contributed by atoms with Gasteiger partial charge in [-0.15, -0.1) is 0 Å². The van der Waals surface area contributed by atoms with Crippen LogP contribution in [0.3, 0.4) is 0 Å². The summed E-state index contributed by atoms with van der Waals surface area (Å²) in [6, 6.07) is 13.5. The summed E-state index contributed by atoms with van der Waals surface area (Å²) in [6.45, 7) is 0.347. The predicted octanol–water partition coefficient (Wildman–Crippen LogP) is 4.78. The van der Waals surface area contributed by atoms with Crippen LogP contribution in [-0.2, 0) is 24.3 Å². The third kappa shape index (κ3) is 6.00. The number of aryl methyl sites for hydroxylation is 1. The van der Waals surface area contributed by atoms with Crippen LogP contribution in [-0.4, -0.2) is 31.9 Å². The lowest BCUT2D eigenvalue weighted by Crippen LogP contribution is -2.26. The van der Waals surface area contributed by atoms with Gasteiger partial charge in [0.05, 0.1) is 37.6 Å². The molecule has 0 spiro atoms. The fraction of sp³-hybridized carbons (Fsp3) is 0.250. The Bertz CT molecular complexity index is 1170. The minimum Gasteiger partial charge on any atom is -0.496 e. The number of benzene rings is 2. The maximum absolute atomic E-state index is 12.8. The molecule has 0 bridgehead atoms. The van der Waals surface area contributed by atoms with Gasteiger partial charge >= 0.3 is 5.97 Å². The summed E-state index contributed by atoms with van der Waals surface area (Å²) >= 11 is 12.5. The number of rotatable bonds is 9. The zero-order valence-corrected chi connectivity index (χ0v) is 19.9. The average molecular weight is 492 g/mol. The number of methoxy groups -OCH3 is 3. The van der Waals surface area contributed by atoms with E-state index in [0.29, 0.717) is 46.5 Å². The van der Waals surface area contributed by atoms with Crippen molar-refractivity contribution in [3.8, 4) is 17.2 Å². The lowest BCUT2D eigenvalue weighted by Gasteiger charge is -2.17. The van der Waals surface area contributed by atoms with Crippen molar-refractivity contribution < 1.29 is 23.7 Å². The maximum atomic E-state index is 12.8. The van der Waals surface area contributed by atoms with E-state index in [4.69, 9.17) is 42.1 Å². The van der Waals surface area contributed by atoms with Gasteiger partial charge in [0, 0.05) is 24.7 Å². The van der Waals surface area contributed by atoms with Crippen LogP contribution in [0.15, 0.2) is 53.3 Å². The first-order valence-electron chi connectivity index (χ1n) is 9.97. The minimum absolute atomic E-state index is 0.0211. The maximum Gasteiger partial charge on any atom is 0.337 e. The summed E-state index contributed by atoms with van der Waals surface area (Å²) in [7, 11) is 4.42. The van der Waals surface area contributed by atoms with Crippen LogP contribution >= 0.6 is 23.2 Å². The number of carbonyl (C=O) groups is 1. The van der Waals surface area contributed by atoms with Crippen molar-refractivity contribution in [3.05, 3.63) is 85.8 Å². The number of carbonyl (C=O) groups excluding carboxylic acids is 1. The van der Waals surface area contributed by atoms with Crippen molar-refractivity contribution in [1.29, 1.82) is 0 Å². The summed E-state index contributed by atoms with van der Waals surface area (Å²) in [5.74, 6) is 1.22. The van der Waals surface area contributed by atoms with E-state index in [1.54, 1.807) is 44.6 Å². The van der Waals surface area contributed by atoms with Gasteiger partial charge in [-0.1, -0.05) is 35.3 Å². The number of ether oxygens (including phenoxy) is 4. The van der Waals surface area contributed by atoms with Gasteiger partial charge in [-0.25, -0.2) is 4.79 Å². The molecule has 0 N–H and O–H groups in total. The Hall–Kier alpha value is -3.16. The van der Waals surface area contributed by atoms with Crippen LogP contribution in [0, 0.1) is 0 Å². The molecule has 0 unspecified atom stereocenters. The minimum atomic E-state index is -0.409. The highest BCUT2D eigenvalue weighted by atomic mass is 35.5. The molecular formula is C24H23Cl2NO6. The molecule has 7 nitrogen and oxygen atoms in total. The van der Waals surface area contributed by atoms with Gasteiger partial charge in [0.1, 0.15) is 28.9 Å². The molecule has 9 heteroatoms. The van der Waals surface area contributed by atoms with Crippen LogP contribution in [0.2, 0.25) is 10.0 Å². The highest BCUT2D eigenvalue weighted by molar-refractivity contribution is 6.34. The van der Waals surface area contributed by atoms with Crippen LogP contribution in [0.25, 0.3) is 0 Å². The lowest BCUT2D eigenvalue weighted by molar-refractivity contribution is 0.0600. The number of esters is 1. The van der Waals surface area contributed by atoms with E-state index in [2.05, 4.69) is 0 Å². The molecule has 1 aromatic heterocycles. The van der Waals surface area contributed by atoms with Gasteiger partial charge in [-0.05, 0) is 30.2 Å². The van der Waals surface area contributed by atoms with E-state index in [0.717, 1.165) is 5.56 Å². The summed E-state index contributed by atoms with van der Waals surface area (Å²) in [6.07, 6.45) is 0.512. The van der Waals surface area contributed by atoms with Crippen molar-refractivity contribution in [2.45, 2.75) is 19.6 Å². The fourth-order valence-electron chi connectivity index (χ4n) is 3.20. The second-order valence-corrected chi connectivity index (χ2v) is 7.83. The standard InChI is InChI=1S/C24H23Cl2NO6/c1-30-17-10-18(31-2)12-19(11-17)33-14-22-20(25)13-21(26)23(28)27(22)9-8-15-4-6-16(7-5-15)24(29)32-3/h4-7,10-13H,8-9,14H2,1-3H3. The third-order valence-electron chi connectivity index (χ3n) is 5.00. The first-order chi connectivity index (χ1) is 15.9. The van der Waals surface area contributed by atoms with Crippen molar-refractivity contribution in [2.24, 2.45) is 0 Å². The number of pyridine rings is 1. The molecule has 0 aliphatic heterocycles. The van der Waals surface area contributed by atoms with Crippen LogP contribution in [0.4, 0.5) is 0 Å². The van der Waals surface area contributed by atoms with Gasteiger partial charge in [0.25, 0.3) is 5.56 Å². The number of aromatic nitrogens is 1. The van der Waals surface area contributed by atoms with Gasteiger partial charge < -0.3 is 23.5 Å². The highest BCUT2D eigenvalue weighted by Gasteiger charge is 2.15. The molecule has 174 valence electrons. The molecule has 3 rings (SSSR count). The summed E-state index contributed by atoms with van der Waals surface area (Å²) in [4.78, 5) is 24.4. The van der Waals surface area contributed by atoms with Crippen molar-refractivity contribution in [2.75, 3.05) is 21.3 Å². The van der Waals surface area contributed by atoms with E-state index in [1.165, 1.54) is 17.7 Å². The SMILES string of the molecule is COC(=O)c1ccc(CCn2c(COc3cc(OC)cc(OC)c3)c(Cl)cc(Cl)c2=O)cc1. The second kappa shape index (κ2) is 11.1. The monoisotopic (exact) mass is 491 g/mol. The molecule has 1 heterocycles. The van der Waals surface area contributed by atoms with Crippen LogP contribution in [0.5, 0.6) is 17.2 Å². The Kier molecular flexibility index (Phi) is 8.25. The normalized spacial score (nSPS) is 10.6. The quantitative estimate of drug-likeness (QED) is 0.401. The van der Waals surface area contributed by atoms with E-state index < -0.39 is 5.97 Å². The molecule has 0 saturated heterocycles. The fourth-order valence-corrected chi connectivity index (χ4v) is 3.74. The first-order valence-corrected chi connectivity index (χ1v) is 10.7. The zero-order chi connectivity index (χ0) is 24.0. The Morgan fingerprint density at radius 3 is 2.06 bits per heavy atom. The number of nitrogens with zero attached hydrogens (tertiary/aromatic N) is 1. The highest BCUT2D eigenvalue weighted by Crippen LogP contribution is 2.29.